The first-order chi connectivity index (χ1) is 10.7. The molecule has 0 bridgehead atoms. The first kappa shape index (κ1) is 17.5. The summed E-state index contributed by atoms with van der Waals surface area (Å²) in [6.07, 6.45) is -2.44. The monoisotopic (exact) mass is 350 g/mol. The van der Waals surface area contributed by atoms with Gasteiger partial charge in [0.25, 0.3) is 6.43 Å². The fourth-order valence-corrected chi connectivity index (χ4v) is 3.26. The zero-order valence-corrected chi connectivity index (χ0v) is 12.9. The average molecular weight is 350 g/mol. The van der Waals surface area contributed by atoms with Crippen molar-refractivity contribution in [3.8, 4) is 0 Å². The van der Waals surface area contributed by atoms with E-state index in [0.717, 1.165) is 6.07 Å². The SMILES string of the molecule is NS(=O)(=O)c1cccc(N2CCN(CC(F)F)CC2)c1[N+](=O)[O-]. The highest BCUT2D eigenvalue weighted by Crippen LogP contribution is 2.34. The van der Waals surface area contributed by atoms with Gasteiger partial charge < -0.3 is 4.90 Å². The fraction of sp³-hybridized carbons (Fsp3) is 0.500. The third kappa shape index (κ3) is 4.12. The number of hydrogen-bond donors (Lipinski definition) is 1. The van der Waals surface area contributed by atoms with Crippen molar-refractivity contribution in [1.29, 1.82) is 0 Å². The predicted octanol–water partition coefficient (Wildman–Crippen LogP) is 0.629. The van der Waals surface area contributed by atoms with Gasteiger partial charge in [0.1, 0.15) is 5.69 Å². The van der Waals surface area contributed by atoms with Crippen LogP contribution in [0.15, 0.2) is 23.1 Å². The minimum absolute atomic E-state index is 0.123. The Morgan fingerprint density at radius 2 is 1.87 bits per heavy atom. The average Bonchev–Trinajstić information content (AvgIpc) is 2.45. The van der Waals surface area contributed by atoms with Crippen molar-refractivity contribution in [3.63, 3.8) is 0 Å². The Hall–Kier alpha value is -1.85. The van der Waals surface area contributed by atoms with Gasteiger partial charge in [-0.25, -0.2) is 22.3 Å². The lowest BCUT2D eigenvalue weighted by Gasteiger charge is -2.35. The largest absolute Gasteiger partial charge is 0.363 e. The Morgan fingerprint density at radius 3 is 2.35 bits per heavy atom. The molecule has 128 valence electrons. The van der Waals surface area contributed by atoms with Crippen molar-refractivity contribution < 1.29 is 22.1 Å². The molecule has 0 spiro atoms. The summed E-state index contributed by atoms with van der Waals surface area (Å²) in [7, 11) is -4.24. The zero-order valence-electron chi connectivity index (χ0n) is 12.1. The van der Waals surface area contributed by atoms with Crippen molar-refractivity contribution >= 4 is 21.4 Å². The van der Waals surface area contributed by atoms with E-state index in [1.807, 2.05) is 0 Å². The molecule has 0 saturated carbocycles. The minimum atomic E-state index is -4.24. The van der Waals surface area contributed by atoms with Crippen LogP contribution in [-0.4, -0.2) is 57.4 Å². The number of nitro groups is 1. The third-order valence-corrected chi connectivity index (χ3v) is 4.52. The van der Waals surface area contributed by atoms with Gasteiger partial charge in [-0.2, -0.15) is 0 Å². The zero-order chi connectivity index (χ0) is 17.2. The number of halogens is 2. The van der Waals surface area contributed by atoms with E-state index in [1.54, 1.807) is 9.80 Å². The lowest BCUT2D eigenvalue weighted by molar-refractivity contribution is -0.387. The van der Waals surface area contributed by atoms with E-state index in [-0.39, 0.29) is 25.3 Å². The predicted molar refractivity (Wildman–Crippen MR) is 79.1 cm³/mol. The number of nitrogens with two attached hydrogens (primary N) is 1. The lowest BCUT2D eigenvalue weighted by Crippen LogP contribution is -2.48. The highest BCUT2D eigenvalue weighted by Gasteiger charge is 2.30. The summed E-state index contributed by atoms with van der Waals surface area (Å²) < 4.78 is 47.8. The Kier molecular flexibility index (Phi) is 5.12. The van der Waals surface area contributed by atoms with Crippen LogP contribution in [0, 0.1) is 10.1 Å². The number of rotatable bonds is 5. The highest BCUT2D eigenvalue weighted by atomic mass is 32.2. The molecule has 8 nitrogen and oxygen atoms in total. The maximum absolute atomic E-state index is 12.4. The van der Waals surface area contributed by atoms with Crippen molar-refractivity contribution in [2.24, 2.45) is 5.14 Å². The number of hydrogen-bond acceptors (Lipinski definition) is 6. The van der Waals surface area contributed by atoms with Gasteiger partial charge in [0.05, 0.1) is 11.5 Å². The minimum Gasteiger partial charge on any atom is -0.363 e. The maximum atomic E-state index is 12.4. The van der Waals surface area contributed by atoms with E-state index in [2.05, 4.69) is 0 Å². The van der Waals surface area contributed by atoms with E-state index in [1.165, 1.54) is 12.1 Å². The van der Waals surface area contributed by atoms with Gasteiger partial charge in [-0.1, -0.05) is 6.07 Å². The van der Waals surface area contributed by atoms with Crippen LogP contribution in [-0.2, 0) is 10.0 Å². The molecule has 0 amide bonds. The number of sulfonamides is 1. The van der Waals surface area contributed by atoms with E-state index >= 15 is 0 Å². The van der Waals surface area contributed by atoms with Crippen LogP contribution < -0.4 is 10.0 Å². The number of alkyl halides is 2. The number of para-hydroxylation sites is 1. The molecule has 2 N–H and O–H groups in total. The van der Waals surface area contributed by atoms with Crippen LogP contribution in [0.3, 0.4) is 0 Å². The second kappa shape index (κ2) is 6.72. The number of primary sulfonamides is 1. The number of nitro benzene ring substituents is 1. The summed E-state index contributed by atoms with van der Waals surface area (Å²) in [4.78, 5) is 13.1. The Balaban J connectivity index is 2.29. The summed E-state index contributed by atoms with van der Waals surface area (Å²) >= 11 is 0. The van der Waals surface area contributed by atoms with Crippen molar-refractivity contribution in [2.45, 2.75) is 11.3 Å². The second-order valence-electron chi connectivity index (χ2n) is 5.10. The number of nitrogens with zero attached hydrogens (tertiary/aromatic N) is 3. The molecular weight excluding hydrogens is 334 g/mol. The molecule has 0 aromatic heterocycles. The van der Waals surface area contributed by atoms with Gasteiger partial charge in [-0.3, -0.25) is 15.0 Å². The topological polar surface area (TPSA) is 110 Å². The fourth-order valence-electron chi connectivity index (χ4n) is 2.55. The van der Waals surface area contributed by atoms with Crippen LogP contribution in [0.4, 0.5) is 20.2 Å². The standard InChI is InChI=1S/C12H16F2N4O4S/c13-11(14)8-16-4-6-17(7-5-16)9-2-1-3-10(23(15,21)22)12(9)18(19)20/h1-3,11H,4-8H2,(H2,15,21,22). The van der Waals surface area contributed by atoms with Crippen LogP contribution in [0.5, 0.6) is 0 Å². The van der Waals surface area contributed by atoms with Crippen molar-refractivity contribution in [3.05, 3.63) is 28.3 Å². The number of benzene rings is 1. The van der Waals surface area contributed by atoms with Gasteiger partial charge >= 0.3 is 5.69 Å². The third-order valence-electron chi connectivity index (χ3n) is 3.58. The van der Waals surface area contributed by atoms with E-state index in [9.17, 15) is 27.3 Å². The molecule has 1 aromatic rings. The van der Waals surface area contributed by atoms with Crippen molar-refractivity contribution in [2.75, 3.05) is 37.6 Å². The molecule has 1 saturated heterocycles. The molecule has 11 heteroatoms. The molecule has 1 aliphatic rings. The molecule has 0 atom stereocenters. The number of anilines is 1. The smallest absolute Gasteiger partial charge is 0.312 e. The van der Waals surface area contributed by atoms with Crippen LogP contribution in [0.25, 0.3) is 0 Å². The second-order valence-corrected chi connectivity index (χ2v) is 6.63. The van der Waals surface area contributed by atoms with E-state index in [0.29, 0.717) is 13.1 Å². The van der Waals surface area contributed by atoms with Gasteiger partial charge in [0.2, 0.25) is 10.0 Å². The molecule has 1 aliphatic heterocycles. The molecule has 0 aliphatic carbocycles. The van der Waals surface area contributed by atoms with Crippen molar-refractivity contribution in [1.82, 2.24) is 4.90 Å². The van der Waals surface area contributed by atoms with Gasteiger partial charge in [0.15, 0.2) is 4.90 Å². The maximum Gasteiger partial charge on any atom is 0.312 e. The molecule has 23 heavy (non-hydrogen) atoms. The Morgan fingerprint density at radius 1 is 1.26 bits per heavy atom. The summed E-state index contributed by atoms with van der Waals surface area (Å²) in [5.41, 5.74) is -0.462. The summed E-state index contributed by atoms with van der Waals surface area (Å²) in [6, 6.07) is 3.87. The quantitative estimate of drug-likeness (QED) is 0.616. The summed E-state index contributed by atoms with van der Waals surface area (Å²) in [5, 5.41) is 16.3. The van der Waals surface area contributed by atoms with Crippen LogP contribution in [0.1, 0.15) is 0 Å². The van der Waals surface area contributed by atoms with Crippen LogP contribution in [0.2, 0.25) is 0 Å². The molecule has 2 rings (SSSR count). The molecule has 1 aromatic carbocycles. The lowest BCUT2D eigenvalue weighted by atomic mass is 10.2. The highest BCUT2D eigenvalue weighted by molar-refractivity contribution is 7.89. The first-order valence-corrected chi connectivity index (χ1v) is 8.30. The Bertz CT molecular complexity index is 690. The first-order valence-electron chi connectivity index (χ1n) is 6.76. The van der Waals surface area contributed by atoms with Gasteiger partial charge in [-0.05, 0) is 12.1 Å². The van der Waals surface area contributed by atoms with Gasteiger partial charge in [0, 0.05) is 26.2 Å². The number of piperazine rings is 1. The van der Waals surface area contributed by atoms with Crippen LogP contribution >= 0.6 is 0 Å². The summed E-state index contributed by atoms with van der Waals surface area (Å²) in [5.74, 6) is 0. The van der Waals surface area contributed by atoms with Gasteiger partial charge in [-0.15, -0.1) is 0 Å². The molecule has 0 unspecified atom stereocenters. The van der Waals surface area contributed by atoms with E-state index in [4.69, 9.17) is 5.14 Å². The van der Waals surface area contributed by atoms with E-state index < -0.39 is 32.0 Å². The Labute approximate surface area is 131 Å². The normalized spacial score (nSPS) is 16.8. The molecule has 0 radical (unpaired) electrons. The molecular formula is C12H16F2N4O4S. The molecule has 1 heterocycles. The molecule has 1 fully saturated rings. The summed E-state index contributed by atoms with van der Waals surface area (Å²) in [6.45, 7) is 0.818.